The van der Waals surface area contributed by atoms with Crippen LogP contribution in [0.5, 0.6) is 5.75 Å². The molecule has 1 aromatic carbocycles. The standard InChI is InChI=1S/C23H28N6O2/c1-15(24-23(30)17-6-7-17)22-27-26-20-10-11-28(12-13-29(20)22)14-18-9-8-16-4-3-5-19(31-2)21(16)25-18/h3-5,8-9,15,17H,6-7,10-14H2,1-2H3,(H,24,30)/t15-/m1/s1. The zero-order chi connectivity index (χ0) is 21.4. The lowest BCUT2D eigenvalue weighted by Crippen LogP contribution is -2.31. The number of para-hydroxylation sites is 1. The van der Waals surface area contributed by atoms with Gasteiger partial charge in [0.2, 0.25) is 5.91 Å². The smallest absolute Gasteiger partial charge is 0.223 e. The maximum atomic E-state index is 12.1. The van der Waals surface area contributed by atoms with E-state index in [2.05, 4.69) is 43.2 Å². The van der Waals surface area contributed by atoms with E-state index in [4.69, 9.17) is 9.72 Å². The molecule has 0 saturated heterocycles. The summed E-state index contributed by atoms with van der Waals surface area (Å²) in [5.74, 6) is 2.96. The molecule has 162 valence electrons. The number of fused-ring (bicyclic) bond motifs is 2. The first-order valence-corrected chi connectivity index (χ1v) is 11.0. The number of nitrogens with one attached hydrogen (secondary N) is 1. The number of hydrogen-bond donors (Lipinski definition) is 1. The molecule has 5 rings (SSSR count). The quantitative estimate of drug-likeness (QED) is 0.660. The Morgan fingerprint density at radius 2 is 2.06 bits per heavy atom. The predicted octanol–water partition coefficient (Wildman–Crippen LogP) is 2.48. The van der Waals surface area contributed by atoms with Gasteiger partial charge in [0.15, 0.2) is 5.82 Å². The molecule has 1 amide bonds. The van der Waals surface area contributed by atoms with Gasteiger partial charge in [-0.05, 0) is 31.9 Å². The summed E-state index contributed by atoms with van der Waals surface area (Å²) in [6, 6.07) is 10.1. The van der Waals surface area contributed by atoms with Gasteiger partial charge >= 0.3 is 0 Å². The van der Waals surface area contributed by atoms with E-state index in [1.807, 2.05) is 19.1 Å². The van der Waals surface area contributed by atoms with Crippen LogP contribution in [0.15, 0.2) is 30.3 Å². The second kappa shape index (κ2) is 8.26. The van der Waals surface area contributed by atoms with Crippen LogP contribution in [-0.4, -0.2) is 50.8 Å². The van der Waals surface area contributed by atoms with Crippen LogP contribution < -0.4 is 10.1 Å². The Balaban J connectivity index is 1.28. The number of aromatic nitrogens is 4. The number of nitrogens with zero attached hydrogens (tertiary/aromatic N) is 5. The van der Waals surface area contributed by atoms with Crippen LogP contribution in [0.3, 0.4) is 0 Å². The van der Waals surface area contributed by atoms with Gasteiger partial charge in [0.05, 0.1) is 18.8 Å². The van der Waals surface area contributed by atoms with Crippen molar-refractivity contribution in [3.63, 3.8) is 0 Å². The molecular formula is C23H28N6O2. The molecule has 1 saturated carbocycles. The molecule has 0 spiro atoms. The minimum absolute atomic E-state index is 0.129. The molecule has 1 fully saturated rings. The average Bonchev–Trinajstić information content (AvgIpc) is 3.58. The summed E-state index contributed by atoms with van der Waals surface area (Å²) in [4.78, 5) is 19.4. The first kappa shape index (κ1) is 19.9. The first-order chi connectivity index (χ1) is 15.1. The topological polar surface area (TPSA) is 85.2 Å². The zero-order valence-electron chi connectivity index (χ0n) is 18.0. The van der Waals surface area contributed by atoms with Crippen LogP contribution in [0.4, 0.5) is 0 Å². The van der Waals surface area contributed by atoms with Crippen LogP contribution in [-0.2, 0) is 24.3 Å². The van der Waals surface area contributed by atoms with Crippen LogP contribution in [0, 0.1) is 5.92 Å². The summed E-state index contributed by atoms with van der Waals surface area (Å²) in [5, 5.41) is 13.0. The largest absolute Gasteiger partial charge is 0.494 e. The Morgan fingerprint density at radius 1 is 1.19 bits per heavy atom. The van der Waals surface area contributed by atoms with Crippen molar-refractivity contribution in [3.05, 3.63) is 47.7 Å². The normalized spacial score (nSPS) is 17.7. The second-order valence-electron chi connectivity index (χ2n) is 8.49. The number of carbonyl (C=O) groups excluding carboxylic acids is 1. The predicted molar refractivity (Wildman–Crippen MR) is 117 cm³/mol. The summed E-state index contributed by atoms with van der Waals surface area (Å²) in [7, 11) is 1.68. The van der Waals surface area contributed by atoms with Crippen molar-refractivity contribution in [2.45, 2.75) is 45.3 Å². The molecule has 3 aromatic rings. The van der Waals surface area contributed by atoms with E-state index in [1.165, 1.54) is 0 Å². The highest BCUT2D eigenvalue weighted by molar-refractivity contribution is 5.84. The van der Waals surface area contributed by atoms with E-state index >= 15 is 0 Å². The van der Waals surface area contributed by atoms with Gasteiger partial charge < -0.3 is 14.6 Å². The zero-order valence-corrected chi connectivity index (χ0v) is 18.0. The van der Waals surface area contributed by atoms with Gasteiger partial charge in [-0.15, -0.1) is 10.2 Å². The lowest BCUT2D eigenvalue weighted by Gasteiger charge is -2.20. The fraction of sp³-hybridized carbons (Fsp3) is 0.478. The number of pyridine rings is 1. The molecule has 3 heterocycles. The van der Waals surface area contributed by atoms with Crippen molar-refractivity contribution in [2.24, 2.45) is 5.92 Å². The molecule has 0 radical (unpaired) electrons. The van der Waals surface area contributed by atoms with Gasteiger partial charge in [-0.3, -0.25) is 9.69 Å². The Bertz CT molecular complexity index is 1110. The lowest BCUT2D eigenvalue weighted by molar-refractivity contribution is -0.123. The summed E-state index contributed by atoms with van der Waals surface area (Å²) in [6.45, 7) is 5.35. The van der Waals surface area contributed by atoms with E-state index in [1.54, 1.807) is 7.11 Å². The molecule has 1 aliphatic heterocycles. The highest BCUT2D eigenvalue weighted by Gasteiger charge is 2.31. The Kier molecular flexibility index (Phi) is 5.31. The molecular weight excluding hydrogens is 392 g/mol. The van der Waals surface area contributed by atoms with Gasteiger partial charge in [0.1, 0.15) is 17.1 Å². The van der Waals surface area contributed by atoms with Crippen LogP contribution in [0.1, 0.15) is 43.1 Å². The highest BCUT2D eigenvalue weighted by atomic mass is 16.5. The maximum Gasteiger partial charge on any atom is 0.223 e. The van der Waals surface area contributed by atoms with E-state index in [9.17, 15) is 4.79 Å². The molecule has 8 nitrogen and oxygen atoms in total. The summed E-state index contributed by atoms with van der Waals surface area (Å²) >= 11 is 0. The van der Waals surface area contributed by atoms with Crippen molar-refractivity contribution >= 4 is 16.8 Å². The Morgan fingerprint density at radius 3 is 2.87 bits per heavy atom. The maximum absolute atomic E-state index is 12.1. The van der Waals surface area contributed by atoms with Crippen molar-refractivity contribution in [1.82, 2.24) is 30.0 Å². The molecule has 31 heavy (non-hydrogen) atoms. The van der Waals surface area contributed by atoms with Crippen molar-refractivity contribution in [1.29, 1.82) is 0 Å². The molecule has 1 aliphatic carbocycles. The number of amides is 1. The number of methoxy groups -OCH3 is 1. The number of rotatable bonds is 6. The molecule has 1 atom stereocenters. The number of ether oxygens (including phenoxy) is 1. The number of hydrogen-bond acceptors (Lipinski definition) is 6. The van der Waals surface area contributed by atoms with Gasteiger partial charge in [0.25, 0.3) is 0 Å². The minimum Gasteiger partial charge on any atom is -0.494 e. The van der Waals surface area contributed by atoms with Crippen LogP contribution >= 0.6 is 0 Å². The third-order valence-corrected chi connectivity index (χ3v) is 6.19. The van der Waals surface area contributed by atoms with Gasteiger partial charge in [-0.2, -0.15) is 0 Å². The van der Waals surface area contributed by atoms with E-state index < -0.39 is 0 Å². The monoisotopic (exact) mass is 420 g/mol. The van der Waals surface area contributed by atoms with E-state index in [-0.39, 0.29) is 17.9 Å². The van der Waals surface area contributed by atoms with Gasteiger partial charge in [0, 0.05) is 43.9 Å². The summed E-state index contributed by atoms with van der Waals surface area (Å²) < 4.78 is 7.66. The third-order valence-electron chi connectivity index (χ3n) is 6.19. The van der Waals surface area contributed by atoms with Gasteiger partial charge in [-0.1, -0.05) is 18.2 Å². The average molecular weight is 421 g/mol. The Labute approximate surface area is 181 Å². The van der Waals surface area contributed by atoms with E-state index in [0.717, 1.165) is 79.4 Å². The molecule has 1 N–H and O–H groups in total. The minimum atomic E-state index is -0.129. The van der Waals surface area contributed by atoms with Gasteiger partial charge in [-0.25, -0.2) is 4.98 Å². The van der Waals surface area contributed by atoms with Crippen molar-refractivity contribution < 1.29 is 9.53 Å². The van der Waals surface area contributed by atoms with E-state index in [0.29, 0.717) is 0 Å². The Hall–Kier alpha value is -3.00. The third kappa shape index (κ3) is 4.12. The molecule has 0 bridgehead atoms. The van der Waals surface area contributed by atoms with Crippen molar-refractivity contribution in [2.75, 3.05) is 20.2 Å². The fourth-order valence-corrected chi connectivity index (χ4v) is 4.25. The van der Waals surface area contributed by atoms with Crippen LogP contribution in [0.2, 0.25) is 0 Å². The molecule has 8 heteroatoms. The lowest BCUT2D eigenvalue weighted by atomic mass is 10.2. The highest BCUT2D eigenvalue weighted by Crippen LogP contribution is 2.30. The fourth-order valence-electron chi connectivity index (χ4n) is 4.25. The number of carbonyl (C=O) groups is 1. The second-order valence-corrected chi connectivity index (χ2v) is 8.49. The SMILES string of the molecule is COc1cccc2ccc(CN3CCc4nnc([C@@H](C)NC(=O)C5CC5)n4CC3)nc12. The van der Waals surface area contributed by atoms with Crippen molar-refractivity contribution in [3.8, 4) is 5.75 Å². The summed E-state index contributed by atoms with van der Waals surface area (Å²) in [6.07, 6.45) is 2.83. The number of benzene rings is 1. The van der Waals surface area contributed by atoms with Crippen LogP contribution in [0.25, 0.3) is 10.9 Å². The molecule has 2 aromatic heterocycles. The molecule has 2 aliphatic rings. The molecule has 0 unspecified atom stereocenters. The first-order valence-electron chi connectivity index (χ1n) is 11.0. The summed E-state index contributed by atoms with van der Waals surface area (Å²) in [5.41, 5.74) is 1.93.